The number of aryl methyl sites for hydroxylation is 1. The molecule has 1 aliphatic heterocycles. The Kier molecular flexibility index (Phi) is 7.37. The summed E-state index contributed by atoms with van der Waals surface area (Å²) in [4.78, 5) is 28.8. The van der Waals surface area contributed by atoms with Gasteiger partial charge in [-0.15, -0.1) is 0 Å². The van der Waals surface area contributed by atoms with Crippen molar-refractivity contribution in [3.63, 3.8) is 0 Å². The number of benzene rings is 2. The summed E-state index contributed by atoms with van der Waals surface area (Å²) < 4.78 is 0. The van der Waals surface area contributed by atoms with Crippen LogP contribution in [0.25, 0.3) is 0 Å². The first-order valence-corrected chi connectivity index (χ1v) is 14.4. The van der Waals surface area contributed by atoms with Crippen molar-refractivity contribution >= 4 is 17.3 Å². The van der Waals surface area contributed by atoms with Crippen LogP contribution in [0, 0.1) is 17.3 Å². The van der Waals surface area contributed by atoms with Crippen LogP contribution in [0.15, 0.2) is 48.5 Å². The van der Waals surface area contributed by atoms with Crippen molar-refractivity contribution in [2.24, 2.45) is 17.3 Å². The molecule has 0 N–H and O–H groups in total. The highest BCUT2D eigenvalue weighted by Gasteiger charge is 2.39. The van der Waals surface area contributed by atoms with Gasteiger partial charge < -0.3 is 4.90 Å². The fourth-order valence-corrected chi connectivity index (χ4v) is 7.10. The van der Waals surface area contributed by atoms with Crippen LogP contribution >= 0.6 is 0 Å². The zero-order chi connectivity index (χ0) is 25.3. The van der Waals surface area contributed by atoms with E-state index in [1.54, 1.807) is 0 Å². The van der Waals surface area contributed by atoms with E-state index in [4.69, 9.17) is 0 Å². The lowest BCUT2D eigenvalue weighted by Crippen LogP contribution is -2.35. The lowest BCUT2D eigenvalue weighted by molar-refractivity contribution is -0.122. The number of hydrogen-bond acceptors (Lipinski definition) is 3. The molecule has 0 radical (unpaired) electrons. The van der Waals surface area contributed by atoms with Gasteiger partial charge in [0.25, 0.3) is 0 Å². The van der Waals surface area contributed by atoms with E-state index in [0.717, 1.165) is 51.6 Å². The van der Waals surface area contributed by atoms with Gasteiger partial charge in [0.2, 0.25) is 0 Å². The van der Waals surface area contributed by atoms with Crippen LogP contribution in [0.4, 0.5) is 5.69 Å². The molecule has 192 valence electrons. The molecule has 1 heterocycles. The maximum Gasteiger partial charge on any atom is 0.140 e. The van der Waals surface area contributed by atoms with Crippen LogP contribution < -0.4 is 4.90 Å². The van der Waals surface area contributed by atoms with Crippen molar-refractivity contribution in [3.8, 4) is 0 Å². The maximum atomic E-state index is 13.2. The third kappa shape index (κ3) is 5.04. The molecular weight excluding hydrogens is 442 g/mol. The number of Topliss-reactive ketones (excluding diaryl/α,β-unsaturated/α-hetero) is 2. The average Bonchev–Trinajstić information content (AvgIpc) is 3.52. The maximum absolute atomic E-state index is 13.2. The summed E-state index contributed by atoms with van der Waals surface area (Å²) in [5, 5.41) is 0. The lowest BCUT2D eigenvalue weighted by Gasteiger charge is -2.36. The fraction of sp³-hybridized carbons (Fsp3) is 0.576. The second kappa shape index (κ2) is 10.5. The van der Waals surface area contributed by atoms with E-state index in [1.807, 2.05) is 0 Å². The van der Waals surface area contributed by atoms with Crippen molar-refractivity contribution < 1.29 is 9.59 Å². The molecule has 2 aromatic rings. The molecule has 36 heavy (non-hydrogen) atoms. The first kappa shape index (κ1) is 25.2. The summed E-state index contributed by atoms with van der Waals surface area (Å²) in [6, 6.07) is 17.4. The molecule has 0 amide bonds. The second-order valence-electron chi connectivity index (χ2n) is 12.1. The van der Waals surface area contributed by atoms with E-state index in [0.29, 0.717) is 29.8 Å². The molecule has 0 spiro atoms. The van der Waals surface area contributed by atoms with Gasteiger partial charge in [0.05, 0.1) is 0 Å². The minimum atomic E-state index is 0.0469. The van der Waals surface area contributed by atoms with Crippen LogP contribution in [0.5, 0.6) is 0 Å². The number of nitrogens with zero attached hydrogens (tertiary/aromatic N) is 1. The fourth-order valence-electron chi connectivity index (χ4n) is 7.10. The zero-order valence-electron chi connectivity index (χ0n) is 22.5. The Hall–Kier alpha value is -2.42. The summed E-state index contributed by atoms with van der Waals surface area (Å²) in [5.41, 5.74) is 5.17. The molecule has 3 nitrogen and oxygen atoms in total. The highest BCUT2D eigenvalue weighted by Crippen LogP contribution is 2.45. The molecule has 2 fully saturated rings. The molecular formula is C33H43NO2. The van der Waals surface area contributed by atoms with Gasteiger partial charge in [-0.2, -0.15) is 0 Å². The van der Waals surface area contributed by atoms with Gasteiger partial charge in [0, 0.05) is 43.5 Å². The minimum Gasteiger partial charge on any atom is -0.372 e. The number of anilines is 1. The first-order valence-electron chi connectivity index (χ1n) is 14.4. The Morgan fingerprint density at radius 2 is 1.69 bits per heavy atom. The molecule has 3 aliphatic rings. The van der Waals surface area contributed by atoms with Crippen molar-refractivity contribution in [1.29, 1.82) is 0 Å². The Morgan fingerprint density at radius 1 is 0.972 bits per heavy atom. The van der Waals surface area contributed by atoms with Gasteiger partial charge >= 0.3 is 0 Å². The number of piperidine rings is 1. The average molecular weight is 486 g/mol. The number of rotatable bonds is 8. The normalized spacial score (nSPS) is 24.8. The molecule has 3 atom stereocenters. The Morgan fingerprint density at radius 3 is 2.39 bits per heavy atom. The van der Waals surface area contributed by atoms with E-state index in [2.05, 4.69) is 74.2 Å². The predicted octanol–water partition coefficient (Wildman–Crippen LogP) is 7.48. The van der Waals surface area contributed by atoms with Crippen LogP contribution in [0.2, 0.25) is 0 Å². The van der Waals surface area contributed by atoms with E-state index in [9.17, 15) is 9.59 Å². The summed E-state index contributed by atoms with van der Waals surface area (Å²) in [5.74, 6) is 2.11. The van der Waals surface area contributed by atoms with E-state index in [1.165, 1.54) is 35.2 Å². The third-order valence-corrected chi connectivity index (χ3v) is 10.1. The number of fused-ring (bicyclic) bond motifs is 1. The molecule has 2 aromatic carbocycles. The number of ketones is 2. The Labute approximate surface area is 217 Å². The summed E-state index contributed by atoms with van der Waals surface area (Å²) in [6.45, 7) is 8.83. The van der Waals surface area contributed by atoms with Gasteiger partial charge in [0.1, 0.15) is 11.6 Å². The van der Waals surface area contributed by atoms with Crippen LogP contribution in [0.1, 0.15) is 101 Å². The Bertz CT molecular complexity index is 1080. The highest BCUT2D eigenvalue weighted by molar-refractivity contribution is 5.89. The van der Waals surface area contributed by atoms with E-state index < -0.39 is 0 Å². The largest absolute Gasteiger partial charge is 0.372 e. The quantitative estimate of drug-likeness (QED) is 0.389. The van der Waals surface area contributed by atoms with Crippen molar-refractivity contribution in [3.05, 3.63) is 65.2 Å². The zero-order valence-corrected chi connectivity index (χ0v) is 22.5. The molecule has 0 bridgehead atoms. The predicted molar refractivity (Wildman–Crippen MR) is 148 cm³/mol. The summed E-state index contributed by atoms with van der Waals surface area (Å²) in [7, 11) is 0. The van der Waals surface area contributed by atoms with Crippen LogP contribution in [0.3, 0.4) is 0 Å². The van der Waals surface area contributed by atoms with Crippen molar-refractivity contribution in [2.45, 2.75) is 90.4 Å². The number of para-hydroxylation sites is 1. The molecule has 3 unspecified atom stereocenters. The van der Waals surface area contributed by atoms with Gasteiger partial charge in [0.15, 0.2) is 0 Å². The molecule has 5 rings (SSSR count). The molecule has 3 heteroatoms. The molecule has 0 aromatic heterocycles. The highest BCUT2D eigenvalue weighted by atomic mass is 16.1. The first-order chi connectivity index (χ1) is 17.4. The van der Waals surface area contributed by atoms with Crippen LogP contribution in [-0.4, -0.2) is 24.7 Å². The van der Waals surface area contributed by atoms with Gasteiger partial charge in [-0.05, 0) is 78.2 Å². The van der Waals surface area contributed by atoms with Crippen molar-refractivity contribution in [1.82, 2.24) is 0 Å². The topological polar surface area (TPSA) is 37.4 Å². The van der Waals surface area contributed by atoms with Gasteiger partial charge in [-0.25, -0.2) is 0 Å². The van der Waals surface area contributed by atoms with E-state index in [-0.39, 0.29) is 17.3 Å². The minimum absolute atomic E-state index is 0.0469. The monoisotopic (exact) mass is 485 g/mol. The summed E-state index contributed by atoms with van der Waals surface area (Å²) >= 11 is 0. The SMILES string of the molecule is CCC(C)(CC)CC(=O)C1CCc2cc(C3CC(C4CCN(c5ccccc5)CC4)CC3=O)ccc21. The van der Waals surface area contributed by atoms with E-state index >= 15 is 0 Å². The van der Waals surface area contributed by atoms with Gasteiger partial charge in [-0.3, -0.25) is 9.59 Å². The smallest absolute Gasteiger partial charge is 0.140 e. The molecule has 2 aliphatic carbocycles. The lowest BCUT2D eigenvalue weighted by atomic mass is 9.77. The molecule has 1 saturated heterocycles. The number of carbonyl (C=O) groups is 2. The molecule has 1 saturated carbocycles. The van der Waals surface area contributed by atoms with Crippen LogP contribution in [-0.2, 0) is 16.0 Å². The number of carbonyl (C=O) groups excluding carboxylic acids is 2. The second-order valence-corrected chi connectivity index (χ2v) is 12.1. The standard InChI is InChI=1S/C33H43NO2/c1-4-33(3,5-2)22-32(36)29-14-12-24-19-25(11-13-28(24)29)30-20-26(21-31(30)35)23-15-17-34(18-16-23)27-9-7-6-8-10-27/h6-11,13,19,23,26,29-30H,4-5,12,14-18,20-22H2,1-3H3. The summed E-state index contributed by atoms with van der Waals surface area (Å²) in [6.07, 6.45) is 8.78. The third-order valence-electron chi connectivity index (χ3n) is 10.1. The Balaban J connectivity index is 1.22. The number of hydrogen-bond donors (Lipinski definition) is 0. The van der Waals surface area contributed by atoms with Gasteiger partial charge in [-0.1, -0.05) is 70.0 Å². The van der Waals surface area contributed by atoms with Crippen molar-refractivity contribution in [2.75, 3.05) is 18.0 Å².